The van der Waals surface area contributed by atoms with E-state index in [2.05, 4.69) is 20.7 Å². The van der Waals surface area contributed by atoms with Crippen LogP contribution in [0.1, 0.15) is 16.7 Å². The van der Waals surface area contributed by atoms with E-state index >= 15 is 0 Å². The van der Waals surface area contributed by atoms with Gasteiger partial charge in [-0.3, -0.25) is 4.72 Å². The number of benzene rings is 2. The molecule has 2 rings (SSSR count). The Morgan fingerprint density at radius 2 is 1.81 bits per heavy atom. The molecule has 0 fully saturated rings. The molecule has 0 amide bonds. The van der Waals surface area contributed by atoms with Gasteiger partial charge in [0.15, 0.2) is 0 Å². The lowest BCUT2D eigenvalue weighted by molar-refractivity contribution is 0.601. The van der Waals surface area contributed by atoms with Crippen molar-refractivity contribution in [1.29, 1.82) is 0 Å². The molecule has 0 aliphatic carbocycles. The normalized spacial score (nSPS) is 11.4. The second-order valence-electron chi connectivity index (χ2n) is 4.86. The van der Waals surface area contributed by atoms with Gasteiger partial charge in [0, 0.05) is 11.0 Å². The van der Waals surface area contributed by atoms with Gasteiger partial charge < -0.3 is 5.73 Å². The summed E-state index contributed by atoms with van der Waals surface area (Å²) >= 11 is 3.36. The zero-order valence-corrected chi connectivity index (χ0v) is 14.3. The molecule has 0 unspecified atom stereocenters. The van der Waals surface area contributed by atoms with Gasteiger partial charge in [0.2, 0.25) is 0 Å². The van der Waals surface area contributed by atoms with Gasteiger partial charge in [-0.05, 0) is 60.9 Å². The van der Waals surface area contributed by atoms with Gasteiger partial charge in [0.05, 0.1) is 10.6 Å². The highest BCUT2D eigenvalue weighted by atomic mass is 79.9. The van der Waals surface area contributed by atoms with Crippen molar-refractivity contribution in [3.8, 4) is 0 Å². The number of nitrogens with one attached hydrogen (secondary N) is 1. The average molecular weight is 369 g/mol. The van der Waals surface area contributed by atoms with Crippen LogP contribution < -0.4 is 10.5 Å². The lowest BCUT2D eigenvalue weighted by Gasteiger charge is -2.12. The molecule has 0 heterocycles. The Kier molecular flexibility index (Phi) is 4.70. The second kappa shape index (κ2) is 6.17. The topological polar surface area (TPSA) is 72.2 Å². The van der Waals surface area contributed by atoms with E-state index in [0.29, 0.717) is 12.2 Å². The molecule has 0 saturated carbocycles. The Hall–Kier alpha value is -1.37. The van der Waals surface area contributed by atoms with Crippen molar-refractivity contribution >= 4 is 31.6 Å². The Bertz CT molecular complexity index is 773. The van der Waals surface area contributed by atoms with Crippen LogP contribution in [0.3, 0.4) is 0 Å². The van der Waals surface area contributed by atoms with Crippen molar-refractivity contribution in [2.75, 3.05) is 4.72 Å². The summed E-state index contributed by atoms with van der Waals surface area (Å²) in [7, 11) is -3.62. The summed E-state index contributed by atoms with van der Waals surface area (Å²) in [6.07, 6.45) is 0. The maximum absolute atomic E-state index is 12.5. The predicted octanol–water partition coefficient (Wildman–Crippen LogP) is 3.33. The van der Waals surface area contributed by atoms with E-state index in [9.17, 15) is 8.42 Å². The minimum absolute atomic E-state index is 0.218. The number of aryl methyl sites for hydroxylation is 2. The molecule has 0 aliphatic rings. The van der Waals surface area contributed by atoms with Crippen LogP contribution in [0.4, 0.5) is 5.69 Å². The molecule has 3 N–H and O–H groups in total. The maximum atomic E-state index is 12.5. The lowest BCUT2D eigenvalue weighted by atomic mass is 10.1. The van der Waals surface area contributed by atoms with Crippen molar-refractivity contribution in [3.63, 3.8) is 0 Å². The molecule has 0 bridgehead atoms. The Labute approximate surface area is 133 Å². The van der Waals surface area contributed by atoms with E-state index < -0.39 is 10.0 Å². The van der Waals surface area contributed by atoms with Crippen LogP contribution in [0.25, 0.3) is 0 Å². The molecule has 4 nitrogen and oxygen atoms in total. The standard InChI is InChI=1S/C15H17BrN2O2S/c1-10-3-5-14(8-12(10)9-17)21(19,20)18-15-6-4-13(16)7-11(15)2/h3-8,18H,9,17H2,1-2H3. The first-order valence-electron chi connectivity index (χ1n) is 6.42. The molecular weight excluding hydrogens is 352 g/mol. The van der Waals surface area contributed by atoms with Crippen molar-refractivity contribution in [2.45, 2.75) is 25.3 Å². The highest BCUT2D eigenvalue weighted by Gasteiger charge is 2.16. The maximum Gasteiger partial charge on any atom is 0.261 e. The molecule has 21 heavy (non-hydrogen) atoms. The van der Waals surface area contributed by atoms with Crippen LogP contribution in [0.2, 0.25) is 0 Å². The van der Waals surface area contributed by atoms with Crippen LogP contribution >= 0.6 is 15.9 Å². The number of hydrogen-bond acceptors (Lipinski definition) is 3. The van der Waals surface area contributed by atoms with E-state index in [1.807, 2.05) is 19.9 Å². The number of nitrogens with two attached hydrogens (primary N) is 1. The monoisotopic (exact) mass is 368 g/mol. The van der Waals surface area contributed by atoms with Gasteiger partial charge in [-0.1, -0.05) is 22.0 Å². The van der Waals surface area contributed by atoms with Gasteiger partial charge in [-0.15, -0.1) is 0 Å². The number of sulfonamides is 1. The molecule has 6 heteroatoms. The molecule has 0 aliphatic heterocycles. The van der Waals surface area contributed by atoms with E-state index in [1.54, 1.807) is 30.3 Å². The Morgan fingerprint density at radius 3 is 2.43 bits per heavy atom. The summed E-state index contributed by atoms with van der Waals surface area (Å²) < 4.78 is 28.4. The smallest absolute Gasteiger partial charge is 0.261 e. The van der Waals surface area contributed by atoms with Gasteiger partial charge in [-0.25, -0.2) is 8.42 Å². The zero-order chi connectivity index (χ0) is 15.6. The summed E-state index contributed by atoms with van der Waals surface area (Å²) in [6, 6.07) is 10.4. The van der Waals surface area contributed by atoms with Crippen molar-refractivity contribution in [3.05, 3.63) is 57.6 Å². The van der Waals surface area contributed by atoms with Gasteiger partial charge in [0.25, 0.3) is 10.0 Å². The fourth-order valence-electron chi connectivity index (χ4n) is 1.98. The average Bonchev–Trinajstić information content (AvgIpc) is 2.42. The van der Waals surface area contributed by atoms with Crippen LogP contribution in [-0.2, 0) is 16.6 Å². The van der Waals surface area contributed by atoms with Gasteiger partial charge in [0.1, 0.15) is 0 Å². The molecule has 0 aromatic heterocycles. The first-order valence-corrected chi connectivity index (χ1v) is 8.69. The number of halogens is 1. The van der Waals surface area contributed by atoms with Crippen molar-refractivity contribution in [2.24, 2.45) is 5.73 Å². The first-order chi connectivity index (χ1) is 9.83. The van der Waals surface area contributed by atoms with Crippen LogP contribution in [0.5, 0.6) is 0 Å². The SMILES string of the molecule is Cc1ccc(S(=O)(=O)Nc2ccc(Br)cc2C)cc1CN. The van der Waals surface area contributed by atoms with Crippen LogP contribution in [-0.4, -0.2) is 8.42 Å². The fraction of sp³-hybridized carbons (Fsp3) is 0.200. The summed E-state index contributed by atoms with van der Waals surface area (Å²) in [5.41, 5.74) is 8.85. The minimum atomic E-state index is -3.62. The molecule has 0 saturated heterocycles. The van der Waals surface area contributed by atoms with Crippen molar-refractivity contribution < 1.29 is 8.42 Å². The summed E-state index contributed by atoms with van der Waals surface area (Å²) in [6.45, 7) is 4.07. The molecule has 0 radical (unpaired) electrons. The second-order valence-corrected chi connectivity index (χ2v) is 7.46. The number of hydrogen-bond donors (Lipinski definition) is 2. The van der Waals surface area contributed by atoms with E-state index in [4.69, 9.17) is 5.73 Å². The molecule has 2 aromatic carbocycles. The highest BCUT2D eigenvalue weighted by Crippen LogP contribution is 2.24. The zero-order valence-electron chi connectivity index (χ0n) is 11.9. The first kappa shape index (κ1) is 16.0. The third kappa shape index (κ3) is 3.64. The molecule has 0 atom stereocenters. The molecular formula is C15H17BrN2O2S. The van der Waals surface area contributed by atoms with Gasteiger partial charge in [-0.2, -0.15) is 0 Å². The van der Waals surface area contributed by atoms with Crippen LogP contribution in [0, 0.1) is 13.8 Å². The summed E-state index contributed by atoms with van der Waals surface area (Å²) in [5.74, 6) is 0. The predicted molar refractivity (Wildman–Crippen MR) is 88.8 cm³/mol. The molecule has 112 valence electrons. The summed E-state index contributed by atoms with van der Waals surface area (Å²) in [5, 5.41) is 0. The quantitative estimate of drug-likeness (QED) is 0.869. The van der Waals surface area contributed by atoms with E-state index in [1.165, 1.54) is 0 Å². The van der Waals surface area contributed by atoms with E-state index in [0.717, 1.165) is 21.2 Å². The van der Waals surface area contributed by atoms with Gasteiger partial charge >= 0.3 is 0 Å². The largest absolute Gasteiger partial charge is 0.326 e. The minimum Gasteiger partial charge on any atom is -0.326 e. The third-order valence-corrected chi connectivity index (χ3v) is 5.14. The Morgan fingerprint density at radius 1 is 1.10 bits per heavy atom. The highest BCUT2D eigenvalue weighted by molar-refractivity contribution is 9.10. The van der Waals surface area contributed by atoms with E-state index in [-0.39, 0.29) is 4.90 Å². The Balaban J connectivity index is 2.38. The molecule has 0 spiro atoms. The third-order valence-electron chi connectivity index (χ3n) is 3.28. The lowest BCUT2D eigenvalue weighted by Crippen LogP contribution is -2.14. The van der Waals surface area contributed by atoms with Crippen LogP contribution in [0.15, 0.2) is 45.8 Å². The number of rotatable bonds is 4. The number of anilines is 1. The van der Waals surface area contributed by atoms with Crippen molar-refractivity contribution in [1.82, 2.24) is 0 Å². The summed E-state index contributed by atoms with van der Waals surface area (Å²) in [4.78, 5) is 0.218. The fourth-order valence-corrected chi connectivity index (χ4v) is 3.64. The molecule has 2 aromatic rings.